The fraction of sp³-hybridized carbons (Fsp3) is 0.364. The van der Waals surface area contributed by atoms with E-state index in [1.165, 1.54) is 43.5 Å². The van der Waals surface area contributed by atoms with Crippen molar-refractivity contribution in [3.8, 4) is 0 Å². The van der Waals surface area contributed by atoms with Crippen LogP contribution in [0.15, 0.2) is 65.2 Å². The zero-order valence-electron chi connectivity index (χ0n) is 15.1. The van der Waals surface area contributed by atoms with Crippen LogP contribution in [0.5, 0.6) is 0 Å². The average molecular weight is 347 g/mol. The monoisotopic (exact) mass is 347 g/mol. The maximum absolute atomic E-state index is 5.59. The molecule has 1 aromatic heterocycles. The van der Waals surface area contributed by atoms with Gasteiger partial charge in [-0.3, -0.25) is 0 Å². The SMILES string of the molecule is c1ccc(C(c2ccccc2)c2noc(CCN3CCCCC3)n2)cc1. The Balaban J connectivity index is 1.54. The van der Waals surface area contributed by atoms with Crippen LogP contribution in [-0.4, -0.2) is 34.7 Å². The van der Waals surface area contributed by atoms with Crippen LogP contribution in [0.4, 0.5) is 0 Å². The number of hydrogen-bond donors (Lipinski definition) is 0. The van der Waals surface area contributed by atoms with Gasteiger partial charge in [0.15, 0.2) is 5.82 Å². The van der Waals surface area contributed by atoms with Gasteiger partial charge in [-0.2, -0.15) is 4.98 Å². The average Bonchev–Trinajstić information content (AvgIpc) is 3.18. The van der Waals surface area contributed by atoms with Crippen LogP contribution in [0.2, 0.25) is 0 Å². The number of aromatic nitrogens is 2. The fourth-order valence-corrected chi connectivity index (χ4v) is 3.71. The summed E-state index contributed by atoms with van der Waals surface area (Å²) >= 11 is 0. The van der Waals surface area contributed by atoms with E-state index in [9.17, 15) is 0 Å². The largest absolute Gasteiger partial charge is 0.339 e. The van der Waals surface area contributed by atoms with Crippen LogP contribution >= 0.6 is 0 Å². The molecular formula is C22H25N3O. The van der Waals surface area contributed by atoms with E-state index in [0.29, 0.717) is 0 Å². The molecule has 2 heterocycles. The third kappa shape index (κ3) is 4.02. The van der Waals surface area contributed by atoms with Crippen molar-refractivity contribution in [3.63, 3.8) is 0 Å². The quantitative estimate of drug-likeness (QED) is 0.667. The molecule has 1 aliphatic rings. The lowest BCUT2D eigenvalue weighted by atomic mass is 9.91. The Morgan fingerprint density at radius 2 is 1.46 bits per heavy atom. The first-order valence-electron chi connectivity index (χ1n) is 9.55. The molecule has 134 valence electrons. The van der Waals surface area contributed by atoms with E-state index in [0.717, 1.165) is 24.7 Å². The maximum Gasteiger partial charge on any atom is 0.227 e. The molecule has 0 amide bonds. The molecule has 4 heteroatoms. The number of nitrogens with zero attached hydrogens (tertiary/aromatic N) is 3. The number of likely N-dealkylation sites (tertiary alicyclic amines) is 1. The van der Waals surface area contributed by atoms with Crippen molar-refractivity contribution < 1.29 is 4.52 Å². The summed E-state index contributed by atoms with van der Waals surface area (Å²) in [4.78, 5) is 7.24. The lowest BCUT2D eigenvalue weighted by Gasteiger charge is -2.25. The molecule has 3 aromatic rings. The van der Waals surface area contributed by atoms with Gasteiger partial charge in [0.2, 0.25) is 5.89 Å². The molecule has 0 radical (unpaired) electrons. The minimum Gasteiger partial charge on any atom is -0.339 e. The molecule has 1 fully saturated rings. The van der Waals surface area contributed by atoms with Crippen molar-refractivity contribution in [2.45, 2.75) is 31.6 Å². The highest BCUT2D eigenvalue weighted by atomic mass is 16.5. The Morgan fingerprint density at radius 3 is 2.08 bits per heavy atom. The molecule has 0 saturated carbocycles. The van der Waals surface area contributed by atoms with Crippen molar-refractivity contribution in [2.24, 2.45) is 0 Å². The van der Waals surface area contributed by atoms with Gasteiger partial charge in [-0.05, 0) is 37.1 Å². The van der Waals surface area contributed by atoms with Gasteiger partial charge in [0, 0.05) is 13.0 Å². The predicted molar refractivity (Wildman–Crippen MR) is 102 cm³/mol. The second kappa shape index (κ2) is 8.28. The Morgan fingerprint density at radius 1 is 0.846 bits per heavy atom. The van der Waals surface area contributed by atoms with E-state index in [2.05, 4.69) is 58.6 Å². The lowest BCUT2D eigenvalue weighted by molar-refractivity contribution is 0.223. The standard InChI is InChI=1S/C22H25N3O/c1-4-10-18(11-5-1)21(19-12-6-2-7-13-19)22-23-20(26-24-22)14-17-25-15-8-3-9-16-25/h1-2,4-7,10-13,21H,3,8-9,14-17H2. The van der Waals surface area contributed by atoms with Crippen LogP contribution in [0.1, 0.15) is 48.0 Å². The molecule has 4 rings (SSSR count). The summed E-state index contributed by atoms with van der Waals surface area (Å²) in [6.07, 6.45) is 4.79. The summed E-state index contributed by atoms with van der Waals surface area (Å²) in [5, 5.41) is 4.33. The van der Waals surface area contributed by atoms with Crippen LogP contribution in [-0.2, 0) is 6.42 Å². The lowest BCUT2D eigenvalue weighted by Crippen LogP contribution is -2.31. The normalized spacial score (nSPS) is 15.4. The van der Waals surface area contributed by atoms with Gasteiger partial charge in [0.1, 0.15) is 0 Å². The van der Waals surface area contributed by atoms with Gasteiger partial charge in [0.05, 0.1) is 5.92 Å². The van der Waals surface area contributed by atoms with Gasteiger partial charge in [-0.25, -0.2) is 0 Å². The highest BCUT2D eigenvalue weighted by molar-refractivity contribution is 5.37. The molecule has 0 aliphatic carbocycles. The van der Waals surface area contributed by atoms with Crippen LogP contribution in [0, 0.1) is 0 Å². The van der Waals surface area contributed by atoms with E-state index < -0.39 is 0 Å². The summed E-state index contributed by atoms with van der Waals surface area (Å²) in [5.41, 5.74) is 2.36. The first-order chi connectivity index (χ1) is 12.9. The second-order valence-corrected chi connectivity index (χ2v) is 6.95. The minimum absolute atomic E-state index is 0.00452. The van der Waals surface area contributed by atoms with Crippen LogP contribution in [0.25, 0.3) is 0 Å². The van der Waals surface area contributed by atoms with Gasteiger partial charge < -0.3 is 9.42 Å². The number of rotatable bonds is 6. The predicted octanol–water partition coefficient (Wildman–Crippen LogP) is 4.28. The Labute approximate surface area is 154 Å². The second-order valence-electron chi connectivity index (χ2n) is 6.95. The Hall–Kier alpha value is -2.46. The van der Waals surface area contributed by atoms with Crippen molar-refractivity contribution in [3.05, 3.63) is 83.5 Å². The summed E-state index contributed by atoms with van der Waals surface area (Å²) in [7, 11) is 0. The van der Waals surface area contributed by atoms with E-state index in [-0.39, 0.29) is 5.92 Å². The van der Waals surface area contributed by atoms with E-state index in [1.54, 1.807) is 0 Å². The summed E-state index contributed by atoms with van der Waals surface area (Å²) < 4.78 is 5.59. The molecule has 1 saturated heterocycles. The summed E-state index contributed by atoms with van der Waals surface area (Å²) in [6.45, 7) is 3.39. The third-order valence-corrected chi connectivity index (χ3v) is 5.10. The highest BCUT2D eigenvalue weighted by Crippen LogP contribution is 2.29. The summed E-state index contributed by atoms with van der Waals surface area (Å²) in [5.74, 6) is 1.49. The molecule has 0 atom stereocenters. The number of piperidine rings is 1. The molecule has 26 heavy (non-hydrogen) atoms. The molecule has 0 unspecified atom stereocenters. The van der Waals surface area contributed by atoms with Crippen LogP contribution in [0.3, 0.4) is 0 Å². The molecule has 0 spiro atoms. The summed E-state index contributed by atoms with van der Waals surface area (Å²) in [6, 6.07) is 20.8. The van der Waals surface area contributed by atoms with Gasteiger partial charge >= 0.3 is 0 Å². The molecule has 1 aliphatic heterocycles. The first kappa shape index (κ1) is 17.0. The molecule has 2 aromatic carbocycles. The van der Waals surface area contributed by atoms with Crippen LogP contribution < -0.4 is 0 Å². The van der Waals surface area contributed by atoms with E-state index in [4.69, 9.17) is 9.51 Å². The van der Waals surface area contributed by atoms with Gasteiger partial charge in [-0.15, -0.1) is 0 Å². The highest BCUT2D eigenvalue weighted by Gasteiger charge is 2.22. The Kier molecular flexibility index (Phi) is 5.41. The molecular weight excluding hydrogens is 322 g/mol. The smallest absolute Gasteiger partial charge is 0.227 e. The van der Waals surface area contributed by atoms with Gasteiger partial charge in [-0.1, -0.05) is 72.2 Å². The van der Waals surface area contributed by atoms with E-state index in [1.807, 2.05) is 12.1 Å². The van der Waals surface area contributed by atoms with Gasteiger partial charge in [0.25, 0.3) is 0 Å². The van der Waals surface area contributed by atoms with Crippen molar-refractivity contribution >= 4 is 0 Å². The molecule has 4 nitrogen and oxygen atoms in total. The zero-order chi connectivity index (χ0) is 17.6. The minimum atomic E-state index is 0.00452. The topological polar surface area (TPSA) is 42.2 Å². The first-order valence-corrected chi connectivity index (χ1v) is 9.55. The molecule has 0 bridgehead atoms. The Bertz CT molecular complexity index is 755. The fourth-order valence-electron chi connectivity index (χ4n) is 3.71. The number of benzene rings is 2. The maximum atomic E-state index is 5.59. The van der Waals surface area contributed by atoms with Crippen molar-refractivity contribution in [2.75, 3.05) is 19.6 Å². The third-order valence-electron chi connectivity index (χ3n) is 5.10. The number of hydrogen-bond acceptors (Lipinski definition) is 4. The van der Waals surface area contributed by atoms with E-state index >= 15 is 0 Å². The van der Waals surface area contributed by atoms with Crippen molar-refractivity contribution in [1.29, 1.82) is 0 Å². The molecule has 0 N–H and O–H groups in total. The zero-order valence-corrected chi connectivity index (χ0v) is 15.1. The van der Waals surface area contributed by atoms with Crippen molar-refractivity contribution in [1.82, 2.24) is 15.0 Å².